The number of nitrogens with zero attached hydrogens (tertiary/aromatic N) is 1. The molecule has 118 valence electrons. The Bertz CT molecular complexity index is 615. The van der Waals surface area contributed by atoms with Gasteiger partial charge in [-0.05, 0) is 55.4 Å². The number of sulfonamides is 1. The van der Waals surface area contributed by atoms with Crippen molar-refractivity contribution in [2.24, 2.45) is 11.8 Å². The van der Waals surface area contributed by atoms with Crippen LogP contribution in [0.2, 0.25) is 0 Å². The molecule has 1 aliphatic heterocycles. The lowest BCUT2D eigenvalue weighted by atomic mass is 9.94. The molecule has 21 heavy (non-hydrogen) atoms. The quantitative estimate of drug-likeness (QED) is 0.862. The van der Waals surface area contributed by atoms with Crippen LogP contribution in [0.1, 0.15) is 31.4 Å². The molecule has 2 rings (SSSR count). The van der Waals surface area contributed by atoms with Crippen LogP contribution in [0.25, 0.3) is 0 Å². The fourth-order valence-corrected chi connectivity index (χ4v) is 4.97. The molecule has 1 aliphatic rings. The number of piperidine rings is 1. The maximum atomic E-state index is 13.0. The second kappa shape index (κ2) is 5.97. The zero-order valence-electron chi connectivity index (χ0n) is 13.5. The lowest BCUT2D eigenvalue weighted by molar-refractivity contribution is 0.222. The molecule has 0 radical (unpaired) electrons. The van der Waals surface area contributed by atoms with Crippen molar-refractivity contribution in [3.8, 4) is 5.75 Å². The first-order chi connectivity index (χ1) is 9.75. The normalized spacial score (nSPS) is 24.0. The first kappa shape index (κ1) is 16.3. The summed E-state index contributed by atoms with van der Waals surface area (Å²) in [5, 5.41) is 0. The number of rotatable bonds is 3. The average molecular weight is 311 g/mol. The third-order valence-corrected chi connectivity index (χ3v) is 6.09. The minimum Gasteiger partial charge on any atom is -0.495 e. The lowest BCUT2D eigenvalue weighted by Gasteiger charge is -2.34. The van der Waals surface area contributed by atoms with E-state index >= 15 is 0 Å². The Morgan fingerprint density at radius 2 is 1.62 bits per heavy atom. The molecule has 0 N–H and O–H groups in total. The first-order valence-corrected chi connectivity index (χ1v) is 8.85. The smallest absolute Gasteiger partial charge is 0.246 e. The molecule has 1 heterocycles. The van der Waals surface area contributed by atoms with Crippen LogP contribution in [0.5, 0.6) is 5.75 Å². The first-order valence-electron chi connectivity index (χ1n) is 7.41. The minimum atomic E-state index is -3.50. The monoisotopic (exact) mass is 311 g/mol. The fourth-order valence-electron chi connectivity index (χ4n) is 3.07. The van der Waals surface area contributed by atoms with Crippen molar-refractivity contribution in [2.45, 2.75) is 39.0 Å². The van der Waals surface area contributed by atoms with Gasteiger partial charge in [-0.3, -0.25) is 0 Å². The van der Waals surface area contributed by atoms with E-state index in [0.29, 0.717) is 30.7 Å². The minimum absolute atomic E-state index is 0.286. The third kappa shape index (κ3) is 3.24. The van der Waals surface area contributed by atoms with Gasteiger partial charge in [-0.25, -0.2) is 8.42 Å². The van der Waals surface area contributed by atoms with Crippen LogP contribution >= 0.6 is 0 Å². The van der Waals surface area contributed by atoms with E-state index in [9.17, 15) is 8.42 Å². The molecule has 1 saturated heterocycles. The second-order valence-corrected chi connectivity index (χ2v) is 8.26. The number of methoxy groups -OCH3 is 1. The molecule has 0 aliphatic carbocycles. The number of hydrogen-bond donors (Lipinski definition) is 0. The van der Waals surface area contributed by atoms with Gasteiger partial charge < -0.3 is 4.74 Å². The summed E-state index contributed by atoms with van der Waals surface area (Å²) in [7, 11) is -1.98. The molecular formula is C16H25NO3S. The number of benzene rings is 1. The molecule has 5 heteroatoms. The van der Waals surface area contributed by atoms with E-state index in [0.717, 1.165) is 17.5 Å². The lowest BCUT2D eigenvalue weighted by Crippen LogP contribution is -2.42. The van der Waals surface area contributed by atoms with Gasteiger partial charge >= 0.3 is 0 Å². The molecule has 4 nitrogen and oxygen atoms in total. The van der Waals surface area contributed by atoms with Crippen LogP contribution in [-0.2, 0) is 10.0 Å². The summed E-state index contributed by atoms with van der Waals surface area (Å²) < 4.78 is 32.9. The van der Waals surface area contributed by atoms with E-state index in [-0.39, 0.29) is 4.90 Å². The molecular weight excluding hydrogens is 286 g/mol. The van der Waals surface area contributed by atoms with Crippen molar-refractivity contribution in [3.05, 3.63) is 23.3 Å². The molecule has 2 atom stereocenters. The van der Waals surface area contributed by atoms with Gasteiger partial charge in [0.1, 0.15) is 10.6 Å². The summed E-state index contributed by atoms with van der Waals surface area (Å²) in [6.45, 7) is 9.27. The predicted octanol–water partition coefficient (Wildman–Crippen LogP) is 2.98. The fraction of sp³-hybridized carbons (Fsp3) is 0.625. The molecule has 1 aromatic rings. The van der Waals surface area contributed by atoms with E-state index in [4.69, 9.17) is 4.74 Å². The van der Waals surface area contributed by atoms with Gasteiger partial charge in [-0.2, -0.15) is 4.31 Å². The topological polar surface area (TPSA) is 46.6 Å². The summed E-state index contributed by atoms with van der Waals surface area (Å²) >= 11 is 0. The summed E-state index contributed by atoms with van der Waals surface area (Å²) in [6, 6.07) is 3.53. The SMILES string of the molecule is COc1cc(C)c(C)cc1S(=O)(=O)N1C[C@@H](C)C[C@H](C)C1. The second-order valence-electron chi connectivity index (χ2n) is 6.36. The third-order valence-electron chi connectivity index (χ3n) is 4.23. The maximum absolute atomic E-state index is 13.0. The summed E-state index contributed by atoms with van der Waals surface area (Å²) in [4.78, 5) is 0.286. The van der Waals surface area contributed by atoms with Crippen LogP contribution in [0.4, 0.5) is 0 Å². The highest BCUT2D eigenvalue weighted by molar-refractivity contribution is 7.89. The van der Waals surface area contributed by atoms with E-state index < -0.39 is 10.0 Å². The molecule has 0 amide bonds. The molecule has 1 aromatic carbocycles. The van der Waals surface area contributed by atoms with Crippen LogP contribution < -0.4 is 4.74 Å². The van der Waals surface area contributed by atoms with Crippen LogP contribution in [-0.4, -0.2) is 32.9 Å². The predicted molar refractivity (Wildman–Crippen MR) is 84.2 cm³/mol. The zero-order valence-corrected chi connectivity index (χ0v) is 14.3. The summed E-state index contributed by atoms with van der Waals surface area (Å²) in [5.74, 6) is 1.21. The summed E-state index contributed by atoms with van der Waals surface area (Å²) in [6.07, 6.45) is 1.08. The van der Waals surface area contributed by atoms with E-state index in [2.05, 4.69) is 13.8 Å². The highest BCUT2D eigenvalue weighted by Crippen LogP contribution is 2.32. The number of aryl methyl sites for hydroxylation is 2. The zero-order chi connectivity index (χ0) is 15.8. The van der Waals surface area contributed by atoms with Gasteiger partial charge in [-0.1, -0.05) is 13.8 Å². The van der Waals surface area contributed by atoms with Gasteiger partial charge in [-0.15, -0.1) is 0 Å². The van der Waals surface area contributed by atoms with Crippen molar-refractivity contribution < 1.29 is 13.2 Å². The Labute approximate surface area is 128 Å². The Morgan fingerprint density at radius 1 is 1.10 bits per heavy atom. The van der Waals surface area contributed by atoms with Crippen molar-refractivity contribution in [1.82, 2.24) is 4.31 Å². The Balaban J connectivity index is 2.46. The van der Waals surface area contributed by atoms with Gasteiger partial charge in [0.05, 0.1) is 7.11 Å². The van der Waals surface area contributed by atoms with Crippen molar-refractivity contribution in [3.63, 3.8) is 0 Å². The Kier molecular flexibility index (Phi) is 4.63. The van der Waals surface area contributed by atoms with Crippen molar-refractivity contribution >= 4 is 10.0 Å². The molecule has 0 bridgehead atoms. The Morgan fingerprint density at radius 3 is 2.14 bits per heavy atom. The van der Waals surface area contributed by atoms with Crippen LogP contribution in [0, 0.1) is 25.7 Å². The van der Waals surface area contributed by atoms with E-state index in [1.165, 1.54) is 7.11 Å². The maximum Gasteiger partial charge on any atom is 0.246 e. The van der Waals surface area contributed by atoms with E-state index in [1.807, 2.05) is 13.8 Å². The van der Waals surface area contributed by atoms with Crippen molar-refractivity contribution in [1.29, 1.82) is 0 Å². The average Bonchev–Trinajstić information content (AvgIpc) is 2.40. The van der Waals surface area contributed by atoms with Crippen LogP contribution in [0.15, 0.2) is 17.0 Å². The summed E-state index contributed by atoms with van der Waals surface area (Å²) in [5.41, 5.74) is 2.00. The molecule has 1 fully saturated rings. The highest BCUT2D eigenvalue weighted by atomic mass is 32.2. The molecule has 0 saturated carbocycles. The standard InChI is InChI=1S/C16H25NO3S/c1-11-6-12(2)10-17(9-11)21(18,19)16-8-14(4)13(3)7-15(16)20-5/h7-8,11-12H,6,9-10H2,1-5H3/t11-,12-/m0/s1. The van der Waals surface area contributed by atoms with Gasteiger partial charge in [0, 0.05) is 13.1 Å². The van der Waals surface area contributed by atoms with Gasteiger partial charge in [0.25, 0.3) is 0 Å². The molecule has 0 spiro atoms. The van der Waals surface area contributed by atoms with Crippen molar-refractivity contribution in [2.75, 3.05) is 20.2 Å². The van der Waals surface area contributed by atoms with E-state index in [1.54, 1.807) is 16.4 Å². The highest BCUT2D eigenvalue weighted by Gasteiger charge is 2.33. The number of hydrogen-bond acceptors (Lipinski definition) is 3. The number of ether oxygens (including phenoxy) is 1. The largest absolute Gasteiger partial charge is 0.495 e. The Hall–Kier alpha value is -1.07. The van der Waals surface area contributed by atoms with Crippen LogP contribution in [0.3, 0.4) is 0 Å². The van der Waals surface area contributed by atoms with Gasteiger partial charge in [0.2, 0.25) is 10.0 Å². The molecule has 0 aromatic heterocycles. The van der Waals surface area contributed by atoms with Gasteiger partial charge in [0.15, 0.2) is 0 Å². The molecule has 0 unspecified atom stereocenters.